The van der Waals surface area contributed by atoms with Crippen molar-refractivity contribution in [3.8, 4) is 12.3 Å². The van der Waals surface area contributed by atoms with Gasteiger partial charge in [-0.1, -0.05) is 19.9 Å². The van der Waals surface area contributed by atoms with Gasteiger partial charge in [-0.15, -0.1) is 12.3 Å². The Balaban J connectivity index is 3.30. The van der Waals surface area contributed by atoms with E-state index in [2.05, 4.69) is 0 Å². The fourth-order valence-electron chi connectivity index (χ4n) is 2.51. The van der Waals surface area contributed by atoms with E-state index >= 15 is 0 Å². The van der Waals surface area contributed by atoms with E-state index in [1.165, 1.54) is 19.9 Å². The lowest BCUT2D eigenvalue weighted by atomic mass is 9.72. The summed E-state index contributed by atoms with van der Waals surface area (Å²) < 4.78 is 52.5. The molecule has 0 bridgehead atoms. The van der Waals surface area contributed by atoms with Gasteiger partial charge in [0.1, 0.15) is 12.1 Å². The van der Waals surface area contributed by atoms with Crippen LogP contribution in [0.1, 0.15) is 42.6 Å². The molecule has 0 aliphatic rings. The average Bonchev–Trinajstić information content (AvgIpc) is 2.36. The molecule has 1 rings (SSSR count). The number of benzene rings is 1. The molecule has 0 saturated carbocycles. The summed E-state index contributed by atoms with van der Waals surface area (Å²) in [4.78, 5) is 11.0. The number of rotatable bonds is 5. The summed E-state index contributed by atoms with van der Waals surface area (Å²) in [5, 5.41) is 9.93. The molecule has 22 heavy (non-hydrogen) atoms. The van der Waals surface area contributed by atoms with Gasteiger partial charge in [0.05, 0.1) is 0 Å². The zero-order valence-electron chi connectivity index (χ0n) is 12.2. The first-order valence-corrected chi connectivity index (χ1v) is 6.44. The first-order valence-electron chi connectivity index (χ1n) is 6.44. The molecule has 1 atom stereocenters. The number of hydrogen-bond acceptors (Lipinski definition) is 2. The average molecular weight is 316 g/mol. The zero-order chi connectivity index (χ0) is 17.2. The molecule has 0 amide bonds. The summed E-state index contributed by atoms with van der Waals surface area (Å²) in [7, 11) is 0. The lowest BCUT2D eigenvalue weighted by Crippen LogP contribution is -2.49. The quantitative estimate of drug-likeness (QED) is 0.512. The third-order valence-corrected chi connectivity index (χ3v) is 3.53. The SMILES string of the molecule is C#CC[C@](O)(CC(C)(C)c1ccc(F)cc1C=O)C(F)(F)F. The molecule has 0 saturated heterocycles. The second-order valence-electron chi connectivity index (χ2n) is 5.82. The summed E-state index contributed by atoms with van der Waals surface area (Å²) in [6.07, 6.45) is -1.28. The van der Waals surface area contributed by atoms with E-state index in [-0.39, 0.29) is 11.1 Å². The van der Waals surface area contributed by atoms with E-state index in [4.69, 9.17) is 6.42 Å². The van der Waals surface area contributed by atoms with Gasteiger partial charge in [0, 0.05) is 12.0 Å². The van der Waals surface area contributed by atoms with Crippen LogP contribution in [0.4, 0.5) is 17.6 Å². The van der Waals surface area contributed by atoms with Gasteiger partial charge < -0.3 is 5.11 Å². The summed E-state index contributed by atoms with van der Waals surface area (Å²) >= 11 is 0. The first-order chi connectivity index (χ1) is 9.97. The van der Waals surface area contributed by atoms with Crippen LogP contribution in [0, 0.1) is 18.2 Å². The highest BCUT2D eigenvalue weighted by Crippen LogP contribution is 2.43. The van der Waals surface area contributed by atoms with Crippen molar-refractivity contribution in [2.75, 3.05) is 0 Å². The van der Waals surface area contributed by atoms with Gasteiger partial charge in [-0.25, -0.2) is 4.39 Å². The number of hydrogen-bond donors (Lipinski definition) is 1. The van der Waals surface area contributed by atoms with Crippen molar-refractivity contribution in [3.63, 3.8) is 0 Å². The molecule has 0 fully saturated rings. The van der Waals surface area contributed by atoms with E-state index in [1.54, 1.807) is 0 Å². The Morgan fingerprint density at radius 1 is 1.32 bits per heavy atom. The molecule has 0 heterocycles. The van der Waals surface area contributed by atoms with Crippen LogP contribution in [0.15, 0.2) is 18.2 Å². The maximum Gasteiger partial charge on any atom is 0.418 e. The van der Waals surface area contributed by atoms with Crippen molar-refractivity contribution >= 4 is 6.29 Å². The van der Waals surface area contributed by atoms with E-state index in [1.807, 2.05) is 5.92 Å². The molecule has 0 spiro atoms. The van der Waals surface area contributed by atoms with E-state index < -0.39 is 35.9 Å². The number of aliphatic hydroxyl groups is 1. The molecule has 1 N–H and O–H groups in total. The number of carbonyl (C=O) groups excluding carboxylic acids is 1. The van der Waals surface area contributed by atoms with Crippen LogP contribution in [0.5, 0.6) is 0 Å². The Labute approximate surface area is 126 Å². The Hall–Kier alpha value is -1.87. The molecular formula is C16H16F4O2. The van der Waals surface area contributed by atoms with Crippen molar-refractivity contribution in [2.24, 2.45) is 0 Å². The summed E-state index contributed by atoms with van der Waals surface area (Å²) in [5.41, 5.74) is -4.18. The number of alkyl halides is 3. The number of terminal acetylenes is 1. The standard InChI is InChI=1S/C16H16F4O2/c1-4-7-15(22,16(18,19)20)10-14(2,3)13-6-5-12(17)8-11(13)9-21/h1,5-6,8-9,22H,7,10H2,2-3H3/t15-/m0/s1. The molecule has 0 aliphatic carbocycles. The van der Waals surface area contributed by atoms with Crippen molar-refractivity contribution < 1.29 is 27.5 Å². The van der Waals surface area contributed by atoms with E-state index in [0.717, 1.165) is 12.1 Å². The van der Waals surface area contributed by atoms with Crippen molar-refractivity contribution in [1.29, 1.82) is 0 Å². The van der Waals surface area contributed by atoms with Crippen LogP contribution in [0.3, 0.4) is 0 Å². The molecule has 1 aromatic rings. The molecule has 6 heteroatoms. The maximum atomic E-state index is 13.2. The predicted molar refractivity (Wildman–Crippen MR) is 73.9 cm³/mol. The Bertz CT molecular complexity index is 599. The molecule has 0 aliphatic heterocycles. The summed E-state index contributed by atoms with van der Waals surface area (Å²) in [6.45, 7) is 2.86. The van der Waals surface area contributed by atoms with Crippen LogP contribution < -0.4 is 0 Å². The van der Waals surface area contributed by atoms with E-state index in [0.29, 0.717) is 6.29 Å². The highest BCUT2D eigenvalue weighted by Gasteiger charge is 2.55. The van der Waals surface area contributed by atoms with Gasteiger partial charge in [0.15, 0.2) is 5.60 Å². The summed E-state index contributed by atoms with van der Waals surface area (Å²) in [6, 6.07) is 3.24. The number of halogens is 4. The highest BCUT2D eigenvalue weighted by molar-refractivity contribution is 5.78. The van der Waals surface area contributed by atoms with Crippen molar-refractivity contribution in [2.45, 2.75) is 43.9 Å². The topological polar surface area (TPSA) is 37.3 Å². The fraction of sp³-hybridized carbons (Fsp3) is 0.438. The van der Waals surface area contributed by atoms with Gasteiger partial charge in [0.25, 0.3) is 0 Å². The second-order valence-corrected chi connectivity index (χ2v) is 5.82. The second kappa shape index (κ2) is 6.09. The molecule has 1 aromatic carbocycles. The third kappa shape index (κ3) is 3.66. The van der Waals surface area contributed by atoms with Crippen LogP contribution in [0.2, 0.25) is 0 Å². The smallest absolute Gasteiger partial charge is 0.380 e. The monoisotopic (exact) mass is 316 g/mol. The Kier molecular flexibility index (Phi) is 5.03. The van der Waals surface area contributed by atoms with Gasteiger partial charge >= 0.3 is 6.18 Å². The van der Waals surface area contributed by atoms with E-state index in [9.17, 15) is 27.5 Å². The summed E-state index contributed by atoms with van der Waals surface area (Å²) in [5.74, 6) is 1.16. The highest BCUT2D eigenvalue weighted by atomic mass is 19.4. The largest absolute Gasteiger partial charge is 0.418 e. The van der Waals surface area contributed by atoms with Gasteiger partial charge in [0.2, 0.25) is 0 Å². The van der Waals surface area contributed by atoms with Crippen LogP contribution in [0.25, 0.3) is 0 Å². The number of aldehydes is 1. The lowest BCUT2D eigenvalue weighted by molar-refractivity contribution is -0.264. The predicted octanol–water partition coefficient (Wildman–Crippen LogP) is 3.62. The minimum Gasteiger partial charge on any atom is -0.380 e. The fourth-order valence-corrected chi connectivity index (χ4v) is 2.51. The normalized spacial score (nSPS) is 15.0. The van der Waals surface area contributed by atoms with Gasteiger partial charge in [-0.2, -0.15) is 13.2 Å². The Morgan fingerprint density at radius 3 is 2.36 bits per heavy atom. The van der Waals surface area contributed by atoms with Crippen LogP contribution in [-0.2, 0) is 5.41 Å². The van der Waals surface area contributed by atoms with Gasteiger partial charge in [-0.05, 0) is 29.5 Å². The molecular weight excluding hydrogens is 300 g/mol. The Morgan fingerprint density at radius 2 is 1.91 bits per heavy atom. The van der Waals surface area contributed by atoms with Crippen LogP contribution >= 0.6 is 0 Å². The number of carbonyl (C=O) groups is 1. The first kappa shape index (κ1) is 18.2. The lowest BCUT2D eigenvalue weighted by Gasteiger charge is -2.37. The molecule has 0 radical (unpaired) electrons. The molecule has 2 nitrogen and oxygen atoms in total. The molecule has 0 unspecified atom stereocenters. The van der Waals surface area contributed by atoms with Crippen molar-refractivity contribution in [3.05, 3.63) is 35.1 Å². The molecule has 120 valence electrons. The van der Waals surface area contributed by atoms with Crippen molar-refractivity contribution in [1.82, 2.24) is 0 Å². The maximum absolute atomic E-state index is 13.2. The van der Waals surface area contributed by atoms with Crippen LogP contribution in [-0.4, -0.2) is 23.2 Å². The molecule has 0 aromatic heterocycles. The third-order valence-electron chi connectivity index (χ3n) is 3.53. The van der Waals surface area contributed by atoms with Gasteiger partial charge in [-0.3, -0.25) is 4.79 Å². The minimum absolute atomic E-state index is 0.0600. The zero-order valence-corrected chi connectivity index (χ0v) is 12.2. The minimum atomic E-state index is -4.92.